The van der Waals surface area contributed by atoms with Crippen LogP contribution >= 0.6 is 15.9 Å². The van der Waals surface area contributed by atoms with Crippen molar-refractivity contribution in [1.82, 2.24) is 4.98 Å². The number of H-pyrrole nitrogens is 1. The third-order valence-electron chi connectivity index (χ3n) is 2.30. The zero-order valence-electron chi connectivity index (χ0n) is 9.67. The van der Waals surface area contributed by atoms with Crippen molar-refractivity contribution in [3.8, 4) is 5.75 Å². The largest absolute Gasteiger partial charge is 0.502 e. The lowest BCUT2D eigenvalue weighted by atomic mass is 10.3. The Bertz CT molecular complexity index is 665. The van der Waals surface area contributed by atoms with Gasteiger partial charge < -0.3 is 15.2 Å². The average molecular weight is 324 g/mol. The number of hydrogen-bond donors (Lipinski definition) is 3. The lowest BCUT2D eigenvalue weighted by Crippen LogP contribution is -2.03. The SMILES string of the molecule is O=c1cc(CO)[nH]c(N=Nc2ccc(Br)cc2)c1O. The molecule has 2 rings (SSSR count). The minimum atomic E-state index is -0.618. The molecular formula is C12H10BrN3O3. The van der Waals surface area contributed by atoms with Crippen LogP contribution in [0.25, 0.3) is 0 Å². The van der Waals surface area contributed by atoms with E-state index in [0.29, 0.717) is 5.69 Å². The molecule has 0 unspecified atom stereocenters. The maximum Gasteiger partial charge on any atom is 0.225 e. The van der Waals surface area contributed by atoms with Gasteiger partial charge in [0, 0.05) is 16.2 Å². The van der Waals surface area contributed by atoms with Gasteiger partial charge in [0.1, 0.15) is 0 Å². The van der Waals surface area contributed by atoms with Crippen molar-refractivity contribution in [2.45, 2.75) is 6.61 Å². The summed E-state index contributed by atoms with van der Waals surface area (Å²) in [5, 5.41) is 26.2. The predicted molar refractivity (Wildman–Crippen MR) is 73.0 cm³/mol. The summed E-state index contributed by atoms with van der Waals surface area (Å²) in [6.45, 7) is -0.351. The molecule has 19 heavy (non-hydrogen) atoms. The molecule has 0 amide bonds. The van der Waals surface area contributed by atoms with Crippen LogP contribution in [0.3, 0.4) is 0 Å². The molecule has 0 aliphatic rings. The molecule has 6 nitrogen and oxygen atoms in total. The van der Waals surface area contributed by atoms with Gasteiger partial charge in [-0.2, -0.15) is 0 Å². The molecule has 1 heterocycles. The number of benzene rings is 1. The van der Waals surface area contributed by atoms with Crippen molar-refractivity contribution < 1.29 is 10.2 Å². The number of aliphatic hydroxyl groups excluding tert-OH is 1. The molecule has 0 atom stereocenters. The van der Waals surface area contributed by atoms with E-state index in [1.807, 2.05) is 0 Å². The van der Waals surface area contributed by atoms with E-state index >= 15 is 0 Å². The van der Waals surface area contributed by atoms with E-state index in [-0.39, 0.29) is 18.1 Å². The third-order valence-corrected chi connectivity index (χ3v) is 2.83. The molecule has 0 aliphatic carbocycles. The van der Waals surface area contributed by atoms with Gasteiger partial charge in [0.05, 0.1) is 12.3 Å². The van der Waals surface area contributed by atoms with Crippen LogP contribution in [0, 0.1) is 0 Å². The van der Waals surface area contributed by atoms with E-state index in [9.17, 15) is 9.90 Å². The fourth-order valence-corrected chi connectivity index (χ4v) is 1.63. The minimum absolute atomic E-state index is 0.0838. The van der Waals surface area contributed by atoms with Crippen LogP contribution in [-0.2, 0) is 6.61 Å². The maximum atomic E-state index is 11.4. The lowest BCUT2D eigenvalue weighted by molar-refractivity contribution is 0.276. The van der Waals surface area contributed by atoms with Crippen LogP contribution in [0.1, 0.15) is 5.69 Å². The normalized spacial score (nSPS) is 11.1. The fraction of sp³-hybridized carbons (Fsp3) is 0.0833. The van der Waals surface area contributed by atoms with Crippen LogP contribution in [0.2, 0.25) is 0 Å². The van der Waals surface area contributed by atoms with Crippen molar-refractivity contribution in [1.29, 1.82) is 0 Å². The van der Waals surface area contributed by atoms with Crippen molar-refractivity contribution in [3.05, 3.63) is 50.7 Å². The number of rotatable bonds is 3. The minimum Gasteiger partial charge on any atom is -0.502 e. The van der Waals surface area contributed by atoms with Crippen molar-refractivity contribution in [3.63, 3.8) is 0 Å². The van der Waals surface area contributed by atoms with E-state index < -0.39 is 11.2 Å². The number of halogens is 1. The van der Waals surface area contributed by atoms with Gasteiger partial charge in [-0.1, -0.05) is 15.9 Å². The number of aromatic amines is 1. The Balaban J connectivity index is 2.35. The number of aromatic nitrogens is 1. The Kier molecular flexibility index (Phi) is 4.08. The van der Waals surface area contributed by atoms with Crippen molar-refractivity contribution in [2.75, 3.05) is 0 Å². The summed E-state index contributed by atoms with van der Waals surface area (Å²) in [5.74, 6) is -0.613. The second-order valence-electron chi connectivity index (χ2n) is 3.69. The number of nitrogens with one attached hydrogen (secondary N) is 1. The number of hydrogen-bond acceptors (Lipinski definition) is 5. The van der Waals surface area contributed by atoms with Crippen LogP contribution in [0.5, 0.6) is 5.75 Å². The molecule has 7 heteroatoms. The smallest absolute Gasteiger partial charge is 0.225 e. The van der Waals surface area contributed by atoms with E-state index in [4.69, 9.17) is 5.11 Å². The van der Waals surface area contributed by atoms with Gasteiger partial charge in [0.25, 0.3) is 0 Å². The van der Waals surface area contributed by atoms with Gasteiger partial charge in [-0.3, -0.25) is 4.79 Å². The number of aliphatic hydroxyl groups is 1. The van der Waals surface area contributed by atoms with Gasteiger partial charge in [0.2, 0.25) is 11.2 Å². The summed E-state index contributed by atoms with van der Waals surface area (Å²) in [6.07, 6.45) is 0. The Morgan fingerprint density at radius 2 is 1.89 bits per heavy atom. The van der Waals surface area contributed by atoms with Gasteiger partial charge in [-0.05, 0) is 24.3 Å². The van der Waals surface area contributed by atoms with Gasteiger partial charge >= 0.3 is 0 Å². The van der Waals surface area contributed by atoms with Crippen molar-refractivity contribution >= 4 is 27.4 Å². The quantitative estimate of drug-likeness (QED) is 0.757. The first-order chi connectivity index (χ1) is 9.10. The molecule has 0 spiro atoms. The molecule has 2 aromatic rings. The number of aromatic hydroxyl groups is 1. The summed E-state index contributed by atoms with van der Waals surface area (Å²) in [6, 6.07) is 8.13. The van der Waals surface area contributed by atoms with Gasteiger partial charge in [-0.25, -0.2) is 0 Å². The predicted octanol–water partition coefficient (Wildman–Crippen LogP) is 2.75. The fourth-order valence-electron chi connectivity index (χ4n) is 1.36. The summed E-state index contributed by atoms with van der Waals surface area (Å²) < 4.78 is 0.907. The Labute approximate surface area is 116 Å². The van der Waals surface area contributed by atoms with Gasteiger partial charge in [0.15, 0.2) is 5.82 Å². The summed E-state index contributed by atoms with van der Waals surface area (Å²) >= 11 is 3.29. The van der Waals surface area contributed by atoms with Gasteiger partial charge in [-0.15, -0.1) is 10.2 Å². The van der Waals surface area contributed by atoms with E-state index in [1.165, 1.54) is 0 Å². The zero-order chi connectivity index (χ0) is 13.8. The molecule has 3 N–H and O–H groups in total. The van der Waals surface area contributed by atoms with E-state index in [0.717, 1.165) is 10.5 Å². The Morgan fingerprint density at radius 1 is 1.21 bits per heavy atom. The van der Waals surface area contributed by atoms with Crippen molar-refractivity contribution in [2.24, 2.45) is 10.2 Å². The summed E-state index contributed by atoms with van der Waals surface area (Å²) in [7, 11) is 0. The highest BCUT2D eigenvalue weighted by atomic mass is 79.9. The molecule has 98 valence electrons. The molecule has 1 aromatic carbocycles. The number of azo groups is 1. The van der Waals surface area contributed by atoms with E-state index in [2.05, 4.69) is 31.1 Å². The highest BCUT2D eigenvalue weighted by molar-refractivity contribution is 9.10. The Hall–Kier alpha value is -1.99. The van der Waals surface area contributed by atoms with Crippen LogP contribution < -0.4 is 5.43 Å². The van der Waals surface area contributed by atoms with Crippen LogP contribution in [-0.4, -0.2) is 15.2 Å². The second kappa shape index (κ2) is 5.77. The zero-order valence-corrected chi connectivity index (χ0v) is 11.3. The molecule has 0 aliphatic heterocycles. The lowest BCUT2D eigenvalue weighted by Gasteiger charge is -2.01. The molecule has 1 aromatic heterocycles. The molecule has 0 saturated carbocycles. The highest BCUT2D eigenvalue weighted by Crippen LogP contribution is 2.23. The summed E-state index contributed by atoms with van der Waals surface area (Å²) in [4.78, 5) is 14.0. The first kappa shape index (κ1) is 13.4. The standard InChI is InChI=1S/C12H10BrN3O3/c13-7-1-3-8(4-2-7)15-16-12-11(19)10(18)5-9(6-17)14-12/h1-5,17,19H,6H2,(H,14,18). The summed E-state index contributed by atoms with van der Waals surface area (Å²) in [5.41, 5.74) is 0.206. The Morgan fingerprint density at radius 3 is 2.53 bits per heavy atom. The molecule has 0 fully saturated rings. The van der Waals surface area contributed by atoms with E-state index in [1.54, 1.807) is 24.3 Å². The first-order valence-electron chi connectivity index (χ1n) is 5.33. The maximum absolute atomic E-state index is 11.4. The molecule has 0 saturated heterocycles. The van der Waals surface area contributed by atoms with Crippen LogP contribution in [0.15, 0.2) is 49.8 Å². The average Bonchev–Trinajstić information content (AvgIpc) is 2.42. The van der Waals surface area contributed by atoms with Crippen LogP contribution in [0.4, 0.5) is 11.5 Å². The number of pyridine rings is 1. The monoisotopic (exact) mass is 323 g/mol. The highest BCUT2D eigenvalue weighted by Gasteiger charge is 2.07. The number of nitrogens with zero attached hydrogens (tertiary/aromatic N) is 2. The molecule has 0 bridgehead atoms. The second-order valence-corrected chi connectivity index (χ2v) is 4.61. The third kappa shape index (κ3) is 3.27. The topological polar surface area (TPSA) is 98.0 Å². The molecule has 0 radical (unpaired) electrons. The first-order valence-corrected chi connectivity index (χ1v) is 6.13. The molecular weight excluding hydrogens is 314 g/mol.